The molecule has 0 bridgehead atoms. The number of nitrogens with two attached hydrogens (primary N) is 2. The predicted octanol–water partition coefficient (Wildman–Crippen LogP) is 1.08. The summed E-state index contributed by atoms with van der Waals surface area (Å²) >= 11 is 1.65. The van der Waals surface area contributed by atoms with Crippen molar-refractivity contribution in [3.8, 4) is 0 Å². The number of carbonyl (C=O) groups is 1. The Morgan fingerprint density at radius 2 is 2.00 bits per heavy atom. The molecule has 1 aromatic rings. The highest BCUT2D eigenvalue weighted by Crippen LogP contribution is 2.23. The van der Waals surface area contributed by atoms with Crippen LogP contribution in [-0.4, -0.2) is 17.9 Å². The molecule has 1 amide bonds. The molecule has 0 aliphatic rings. The topological polar surface area (TPSA) is 69.1 Å². The molecule has 4 N–H and O–H groups in total. The minimum atomic E-state index is -1.04. The van der Waals surface area contributed by atoms with Crippen molar-refractivity contribution in [1.29, 1.82) is 0 Å². The third kappa shape index (κ3) is 2.73. The van der Waals surface area contributed by atoms with Crippen LogP contribution in [0.2, 0.25) is 0 Å². The number of amides is 1. The summed E-state index contributed by atoms with van der Waals surface area (Å²) in [4.78, 5) is 11.4. The fourth-order valence-corrected chi connectivity index (χ4v) is 1.93. The fourth-order valence-electron chi connectivity index (χ4n) is 1.41. The Morgan fingerprint density at radius 1 is 1.40 bits per heavy atom. The van der Waals surface area contributed by atoms with Gasteiger partial charge in [-0.05, 0) is 24.0 Å². The van der Waals surface area contributed by atoms with Crippen molar-refractivity contribution in [2.24, 2.45) is 11.5 Å². The number of carbonyl (C=O) groups excluding carboxylic acids is 1. The quantitative estimate of drug-likeness (QED) is 0.786. The second kappa shape index (κ2) is 5.19. The zero-order valence-electron chi connectivity index (χ0n) is 8.77. The molecular formula is C11H16N2OS. The molecular weight excluding hydrogens is 208 g/mol. The lowest BCUT2D eigenvalue weighted by Crippen LogP contribution is -2.49. The average molecular weight is 224 g/mol. The first kappa shape index (κ1) is 12.1. The molecule has 0 aliphatic carbocycles. The highest BCUT2D eigenvalue weighted by atomic mass is 32.2. The number of hydrogen-bond donors (Lipinski definition) is 2. The first-order valence-corrected chi connectivity index (χ1v) is 6.14. The van der Waals surface area contributed by atoms with Crippen LogP contribution in [0.15, 0.2) is 30.3 Å². The molecule has 0 saturated heterocycles. The molecule has 0 heterocycles. The molecule has 0 radical (unpaired) electrons. The Bertz CT molecular complexity index is 329. The van der Waals surface area contributed by atoms with Crippen LogP contribution in [0.5, 0.6) is 0 Å². The van der Waals surface area contributed by atoms with Gasteiger partial charge in [0.2, 0.25) is 5.91 Å². The summed E-state index contributed by atoms with van der Waals surface area (Å²) in [5.41, 5.74) is 11.2. The van der Waals surface area contributed by atoms with Gasteiger partial charge < -0.3 is 11.5 Å². The third-order valence-corrected chi connectivity index (χ3v) is 3.04. The molecule has 0 aliphatic heterocycles. The second-order valence-corrected chi connectivity index (χ2v) is 4.43. The van der Waals surface area contributed by atoms with Gasteiger partial charge in [-0.25, -0.2) is 0 Å². The summed E-state index contributed by atoms with van der Waals surface area (Å²) in [5, 5.41) is 0. The second-order valence-electron chi connectivity index (χ2n) is 3.44. The van der Waals surface area contributed by atoms with E-state index in [4.69, 9.17) is 11.5 Å². The highest BCUT2D eigenvalue weighted by Gasteiger charge is 2.33. The number of primary amides is 1. The Morgan fingerprint density at radius 3 is 2.47 bits per heavy atom. The normalized spacial score (nSPS) is 14.5. The van der Waals surface area contributed by atoms with Gasteiger partial charge in [-0.1, -0.05) is 30.3 Å². The lowest BCUT2D eigenvalue weighted by atomic mass is 9.88. The van der Waals surface area contributed by atoms with E-state index in [1.165, 1.54) is 0 Å². The van der Waals surface area contributed by atoms with E-state index in [0.29, 0.717) is 6.42 Å². The van der Waals surface area contributed by atoms with Crippen molar-refractivity contribution in [3.05, 3.63) is 35.9 Å². The smallest absolute Gasteiger partial charge is 0.242 e. The van der Waals surface area contributed by atoms with E-state index in [1.54, 1.807) is 11.8 Å². The van der Waals surface area contributed by atoms with Crippen LogP contribution in [0.4, 0.5) is 0 Å². The Hall–Kier alpha value is -1.00. The Balaban J connectivity index is 2.96. The van der Waals surface area contributed by atoms with E-state index >= 15 is 0 Å². The van der Waals surface area contributed by atoms with Gasteiger partial charge in [0.05, 0.1) is 0 Å². The van der Waals surface area contributed by atoms with E-state index in [-0.39, 0.29) is 0 Å². The summed E-state index contributed by atoms with van der Waals surface area (Å²) < 4.78 is 0. The van der Waals surface area contributed by atoms with Crippen molar-refractivity contribution >= 4 is 17.7 Å². The average Bonchev–Trinajstić information content (AvgIpc) is 2.27. The van der Waals surface area contributed by atoms with Crippen LogP contribution in [0.1, 0.15) is 12.0 Å². The monoisotopic (exact) mass is 224 g/mol. The largest absolute Gasteiger partial charge is 0.368 e. The minimum Gasteiger partial charge on any atom is -0.368 e. The fraction of sp³-hybridized carbons (Fsp3) is 0.364. The lowest BCUT2D eigenvalue weighted by molar-refractivity contribution is -0.123. The van der Waals surface area contributed by atoms with E-state index in [1.807, 2.05) is 36.6 Å². The molecule has 0 spiro atoms. The Labute approximate surface area is 94.2 Å². The SMILES string of the molecule is CSCCC(N)(C(N)=O)c1ccccc1. The molecule has 0 fully saturated rings. The molecule has 3 nitrogen and oxygen atoms in total. The van der Waals surface area contributed by atoms with Crippen molar-refractivity contribution in [3.63, 3.8) is 0 Å². The van der Waals surface area contributed by atoms with Crippen LogP contribution in [0.25, 0.3) is 0 Å². The number of rotatable bonds is 5. The van der Waals surface area contributed by atoms with Gasteiger partial charge in [-0.3, -0.25) is 4.79 Å². The molecule has 82 valence electrons. The van der Waals surface area contributed by atoms with Crippen molar-refractivity contribution < 1.29 is 4.79 Å². The molecule has 1 aromatic carbocycles. The maximum atomic E-state index is 11.4. The van der Waals surface area contributed by atoms with Gasteiger partial charge in [0.15, 0.2) is 0 Å². The summed E-state index contributed by atoms with van der Waals surface area (Å²) in [7, 11) is 0. The van der Waals surface area contributed by atoms with Crippen LogP contribution >= 0.6 is 11.8 Å². The summed E-state index contributed by atoms with van der Waals surface area (Å²) in [6, 6.07) is 9.29. The van der Waals surface area contributed by atoms with Crippen molar-refractivity contribution in [1.82, 2.24) is 0 Å². The highest BCUT2D eigenvalue weighted by molar-refractivity contribution is 7.98. The molecule has 1 unspecified atom stereocenters. The van der Waals surface area contributed by atoms with E-state index < -0.39 is 11.4 Å². The summed E-state index contributed by atoms with van der Waals surface area (Å²) in [6.07, 6.45) is 2.54. The van der Waals surface area contributed by atoms with Gasteiger partial charge in [0, 0.05) is 0 Å². The number of hydrogen-bond acceptors (Lipinski definition) is 3. The van der Waals surface area contributed by atoms with Gasteiger partial charge >= 0.3 is 0 Å². The molecule has 15 heavy (non-hydrogen) atoms. The summed E-state index contributed by atoms with van der Waals surface area (Å²) in [6.45, 7) is 0. The van der Waals surface area contributed by atoms with Crippen molar-refractivity contribution in [2.45, 2.75) is 12.0 Å². The molecule has 4 heteroatoms. The van der Waals surface area contributed by atoms with Crippen LogP contribution in [0.3, 0.4) is 0 Å². The number of benzene rings is 1. The van der Waals surface area contributed by atoms with Gasteiger partial charge in [0.1, 0.15) is 5.54 Å². The summed E-state index contributed by atoms with van der Waals surface area (Å²) in [5.74, 6) is 0.344. The standard InChI is InChI=1S/C11H16N2OS/c1-15-8-7-11(13,10(12)14)9-5-3-2-4-6-9/h2-6H,7-8,13H2,1H3,(H2,12,14). The molecule has 1 atom stereocenters. The third-order valence-electron chi connectivity index (χ3n) is 2.43. The first-order valence-electron chi connectivity index (χ1n) is 4.74. The van der Waals surface area contributed by atoms with Crippen LogP contribution in [-0.2, 0) is 10.3 Å². The van der Waals surface area contributed by atoms with Gasteiger partial charge in [0.25, 0.3) is 0 Å². The molecule has 1 rings (SSSR count). The molecule has 0 aromatic heterocycles. The molecule has 0 saturated carbocycles. The van der Waals surface area contributed by atoms with E-state index in [9.17, 15) is 4.79 Å². The number of thioether (sulfide) groups is 1. The minimum absolute atomic E-state index is 0.470. The van der Waals surface area contributed by atoms with Gasteiger partial charge in [-0.15, -0.1) is 0 Å². The first-order chi connectivity index (χ1) is 7.11. The predicted molar refractivity (Wildman–Crippen MR) is 64.5 cm³/mol. The van der Waals surface area contributed by atoms with Crippen molar-refractivity contribution in [2.75, 3.05) is 12.0 Å². The lowest BCUT2D eigenvalue weighted by Gasteiger charge is -2.26. The Kier molecular flexibility index (Phi) is 4.17. The van der Waals surface area contributed by atoms with Crippen LogP contribution < -0.4 is 11.5 Å². The maximum Gasteiger partial charge on any atom is 0.242 e. The van der Waals surface area contributed by atoms with Gasteiger partial charge in [-0.2, -0.15) is 11.8 Å². The maximum absolute atomic E-state index is 11.4. The zero-order chi connectivity index (χ0) is 11.3. The zero-order valence-corrected chi connectivity index (χ0v) is 9.59. The van der Waals surface area contributed by atoms with E-state index in [2.05, 4.69) is 0 Å². The van der Waals surface area contributed by atoms with E-state index in [0.717, 1.165) is 11.3 Å². The van der Waals surface area contributed by atoms with Crippen LogP contribution in [0, 0.1) is 0 Å².